The fourth-order valence-electron chi connectivity index (χ4n) is 0.958. The van der Waals surface area contributed by atoms with E-state index < -0.39 is 0 Å². The molecule has 0 aliphatic carbocycles. The van der Waals surface area contributed by atoms with Crippen LogP contribution in [-0.2, 0) is 6.54 Å². The summed E-state index contributed by atoms with van der Waals surface area (Å²) >= 11 is 3.07. The molecular formula is C9H10N4S2. The van der Waals surface area contributed by atoms with Gasteiger partial charge < -0.3 is 5.73 Å². The van der Waals surface area contributed by atoms with Crippen LogP contribution in [0.25, 0.3) is 0 Å². The zero-order chi connectivity index (χ0) is 10.7. The molecule has 0 atom stereocenters. The van der Waals surface area contributed by atoms with Crippen LogP contribution in [0.5, 0.6) is 0 Å². The number of nitrogens with zero attached hydrogens (tertiary/aromatic N) is 3. The third kappa shape index (κ3) is 2.74. The highest BCUT2D eigenvalue weighted by Crippen LogP contribution is 2.27. The molecule has 4 nitrogen and oxygen atoms in total. The Kier molecular flexibility index (Phi) is 3.30. The summed E-state index contributed by atoms with van der Waals surface area (Å²) in [5, 5.41) is 2.72. The molecule has 0 spiro atoms. The molecule has 6 heteroatoms. The summed E-state index contributed by atoms with van der Waals surface area (Å²) in [6, 6.07) is 0. The molecule has 0 saturated carbocycles. The van der Waals surface area contributed by atoms with Gasteiger partial charge in [-0.25, -0.2) is 15.0 Å². The van der Waals surface area contributed by atoms with Gasteiger partial charge in [-0.3, -0.25) is 0 Å². The van der Waals surface area contributed by atoms with Crippen LogP contribution in [0.1, 0.15) is 11.3 Å². The van der Waals surface area contributed by atoms with Crippen molar-refractivity contribution >= 4 is 23.1 Å². The normalized spacial score (nSPS) is 10.5. The molecule has 2 rings (SSSR count). The molecule has 0 aliphatic heterocycles. The summed E-state index contributed by atoms with van der Waals surface area (Å²) in [7, 11) is 0. The number of rotatable bonds is 3. The molecule has 0 amide bonds. The predicted octanol–water partition coefficient (Wildman–Crippen LogP) is 1.85. The highest BCUT2D eigenvalue weighted by molar-refractivity contribution is 8.00. The SMILES string of the molecule is Cc1csc(Sc2ncc(CN)cn2)n1. The average Bonchev–Trinajstić information content (AvgIpc) is 2.65. The summed E-state index contributed by atoms with van der Waals surface area (Å²) in [6.07, 6.45) is 3.49. The van der Waals surface area contributed by atoms with Gasteiger partial charge in [0.1, 0.15) is 0 Å². The standard InChI is InChI=1S/C9H10N4S2/c1-6-5-14-9(13-6)15-8-11-3-7(2-10)4-12-8/h3-5H,2,10H2,1H3. The van der Waals surface area contributed by atoms with E-state index in [0.29, 0.717) is 11.7 Å². The highest BCUT2D eigenvalue weighted by atomic mass is 32.2. The van der Waals surface area contributed by atoms with Crippen LogP contribution in [-0.4, -0.2) is 15.0 Å². The van der Waals surface area contributed by atoms with Gasteiger partial charge in [-0.1, -0.05) is 0 Å². The molecule has 0 radical (unpaired) electrons. The van der Waals surface area contributed by atoms with Crippen LogP contribution in [0.15, 0.2) is 27.3 Å². The molecule has 2 heterocycles. The van der Waals surface area contributed by atoms with Crippen LogP contribution in [0.3, 0.4) is 0 Å². The van der Waals surface area contributed by atoms with Crippen molar-refractivity contribution in [3.05, 3.63) is 29.0 Å². The molecule has 2 N–H and O–H groups in total. The maximum Gasteiger partial charge on any atom is 0.194 e. The van der Waals surface area contributed by atoms with Crippen molar-refractivity contribution < 1.29 is 0 Å². The van der Waals surface area contributed by atoms with Crippen molar-refractivity contribution in [2.75, 3.05) is 0 Å². The van der Waals surface area contributed by atoms with E-state index in [1.165, 1.54) is 11.8 Å². The first-order valence-electron chi connectivity index (χ1n) is 4.39. The number of nitrogens with two attached hydrogens (primary N) is 1. The number of thiazole rings is 1. The van der Waals surface area contributed by atoms with E-state index in [1.54, 1.807) is 23.7 Å². The zero-order valence-electron chi connectivity index (χ0n) is 8.17. The minimum absolute atomic E-state index is 0.474. The van der Waals surface area contributed by atoms with Gasteiger partial charge in [-0.05, 0) is 18.7 Å². The van der Waals surface area contributed by atoms with Crippen molar-refractivity contribution in [2.24, 2.45) is 5.73 Å². The fraction of sp³-hybridized carbons (Fsp3) is 0.222. The first kappa shape index (κ1) is 10.5. The summed E-state index contributed by atoms with van der Waals surface area (Å²) in [4.78, 5) is 12.7. The summed E-state index contributed by atoms with van der Waals surface area (Å²) < 4.78 is 0.966. The predicted molar refractivity (Wildman–Crippen MR) is 60.9 cm³/mol. The number of hydrogen-bond acceptors (Lipinski definition) is 6. The lowest BCUT2D eigenvalue weighted by atomic mass is 10.4. The molecule has 0 fully saturated rings. The molecular weight excluding hydrogens is 228 g/mol. The van der Waals surface area contributed by atoms with E-state index in [1.807, 2.05) is 12.3 Å². The first-order chi connectivity index (χ1) is 7.28. The van der Waals surface area contributed by atoms with Crippen LogP contribution in [0, 0.1) is 6.92 Å². The maximum atomic E-state index is 5.46. The van der Waals surface area contributed by atoms with Gasteiger partial charge in [0.2, 0.25) is 0 Å². The van der Waals surface area contributed by atoms with E-state index in [0.717, 1.165) is 15.6 Å². The molecule has 2 aromatic rings. The second kappa shape index (κ2) is 4.69. The largest absolute Gasteiger partial charge is 0.326 e. The molecule has 15 heavy (non-hydrogen) atoms. The smallest absolute Gasteiger partial charge is 0.194 e. The second-order valence-corrected chi connectivity index (χ2v) is 5.01. The minimum atomic E-state index is 0.474. The monoisotopic (exact) mass is 238 g/mol. The topological polar surface area (TPSA) is 64.7 Å². The van der Waals surface area contributed by atoms with Crippen LogP contribution in [0.4, 0.5) is 0 Å². The van der Waals surface area contributed by atoms with Crippen molar-refractivity contribution in [3.8, 4) is 0 Å². The van der Waals surface area contributed by atoms with Gasteiger partial charge in [0.15, 0.2) is 9.50 Å². The zero-order valence-corrected chi connectivity index (χ0v) is 9.81. The molecule has 0 aliphatic rings. The molecule has 0 unspecified atom stereocenters. The lowest BCUT2D eigenvalue weighted by Gasteiger charge is -1.97. The van der Waals surface area contributed by atoms with Crippen molar-refractivity contribution in [3.63, 3.8) is 0 Å². The lowest BCUT2D eigenvalue weighted by Crippen LogP contribution is -1.98. The molecule has 0 bridgehead atoms. The van der Waals surface area contributed by atoms with E-state index in [4.69, 9.17) is 5.73 Å². The van der Waals surface area contributed by atoms with Crippen molar-refractivity contribution in [1.29, 1.82) is 0 Å². The summed E-state index contributed by atoms with van der Waals surface area (Å²) in [5.74, 6) is 0. The summed E-state index contributed by atoms with van der Waals surface area (Å²) in [5.41, 5.74) is 7.43. The van der Waals surface area contributed by atoms with Gasteiger partial charge in [-0.15, -0.1) is 11.3 Å². The summed E-state index contributed by atoms with van der Waals surface area (Å²) in [6.45, 7) is 2.44. The Hall–Kier alpha value is -0.980. The van der Waals surface area contributed by atoms with E-state index >= 15 is 0 Å². The molecule has 78 valence electrons. The Morgan fingerprint density at radius 1 is 1.40 bits per heavy atom. The number of aromatic nitrogens is 3. The van der Waals surface area contributed by atoms with E-state index in [9.17, 15) is 0 Å². The average molecular weight is 238 g/mol. The third-order valence-electron chi connectivity index (χ3n) is 1.69. The van der Waals surface area contributed by atoms with Crippen LogP contribution < -0.4 is 5.73 Å². The first-order valence-corrected chi connectivity index (χ1v) is 6.08. The second-order valence-electron chi connectivity index (χ2n) is 2.93. The molecule has 0 saturated heterocycles. The van der Waals surface area contributed by atoms with Gasteiger partial charge >= 0.3 is 0 Å². The Balaban J connectivity index is 2.11. The lowest BCUT2D eigenvalue weighted by molar-refractivity contribution is 0.912. The third-order valence-corrected chi connectivity index (χ3v) is 3.64. The van der Waals surface area contributed by atoms with Gasteiger partial charge in [0, 0.05) is 35.6 Å². The Bertz CT molecular complexity index is 438. The number of hydrogen-bond donors (Lipinski definition) is 1. The van der Waals surface area contributed by atoms with Gasteiger partial charge in [0.05, 0.1) is 0 Å². The highest BCUT2D eigenvalue weighted by Gasteiger charge is 2.03. The molecule has 0 aromatic carbocycles. The van der Waals surface area contributed by atoms with Gasteiger partial charge in [-0.2, -0.15) is 0 Å². The van der Waals surface area contributed by atoms with E-state index in [2.05, 4.69) is 15.0 Å². The van der Waals surface area contributed by atoms with Crippen molar-refractivity contribution in [1.82, 2.24) is 15.0 Å². The molecule has 2 aromatic heterocycles. The number of aryl methyl sites for hydroxylation is 1. The van der Waals surface area contributed by atoms with Crippen LogP contribution >= 0.6 is 23.1 Å². The minimum Gasteiger partial charge on any atom is -0.326 e. The van der Waals surface area contributed by atoms with Crippen molar-refractivity contribution in [2.45, 2.75) is 23.0 Å². The van der Waals surface area contributed by atoms with Gasteiger partial charge in [0.25, 0.3) is 0 Å². The Morgan fingerprint density at radius 2 is 2.13 bits per heavy atom. The Morgan fingerprint density at radius 3 is 2.67 bits per heavy atom. The van der Waals surface area contributed by atoms with Crippen LogP contribution in [0.2, 0.25) is 0 Å². The Labute approximate surface area is 96.0 Å². The quantitative estimate of drug-likeness (QED) is 0.827. The fourth-order valence-corrected chi connectivity index (χ4v) is 2.60. The van der Waals surface area contributed by atoms with E-state index in [-0.39, 0.29) is 0 Å². The maximum absolute atomic E-state index is 5.46.